The Balaban J connectivity index is 1.39. The van der Waals surface area contributed by atoms with Crippen molar-refractivity contribution in [3.05, 3.63) is 99.5 Å². The van der Waals surface area contributed by atoms with Crippen LogP contribution in [0.3, 0.4) is 0 Å². The standard InChI is InChI=1S/C29H29ClFN3O5S/c1-18-15-22(16-19(2)26(18)30)39-13-6-10-24-23-9-3-4-11-25(23)33-27(24)29(36)34-40(37,38)14-12-32-28(35)20-7-5-8-21(31)17-20/h3-5,7-9,11,15-17,33H,6,10,12-14H2,1-2H3,(H,32,35)(H,34,36). The Morgan fingerprint density at radius 1 is 1.00 bits per heavy atom. The molecule has 0 aliphatic heterocycles. The number of aromatic amines is 1. The van der Waals surface area contributed by atoms with Crippen LogP contribution in [0.5, 0.6) is 5.75 Å². The molecule has 0 saturated carbocycles. The van der Waals surface area contributed by atoms with E-state index in [1.54, 1.807) is 0 Å². The van der Waals surface area contributed by atoms with Crippen LogP contribution in [0.25, 0.3) is 10.9 Å². The summed E-state index contributed by atoms with van der Waals surface area (Å²) in [5, 5.41) is 3.93. The van der Waals surface area contributed by atoms with Crippen molar-refractivity contribution >= 4 is 44.3 Å². The Hall–Kier alpha value is -3.89. The predicted molar refractivity (Wildman–Crippen MR) is 153 cm³/mol. The number of halogens is 2. The molecule has 0 aliphatic rings. The summed E-state index contributed by atoms with van der Waals surface area (Å²) in [6.07, 6.45) is 1.03. The number of H-pyrrole nitrogens is 1. The molecule has 0 radical (unpaired) electrons. The highest BCUT2D eigenvalue weighted by atomic mass is 35.5. The van der Waals surface area contributed by atoms with Gasteiger partial charge < -0.3 is 15.0 Å². The van der Waals surface area contributed by atoms with Gasteiger partial charge in [-0.3, -0.25) is 9.59 Å². The zero-order valence-corrected chi connectivity index (χ0v) is 23.6. The third-order valence-corrected chi connectivity index (χ3v) is 8.12. The maximum Gasteiger partial charge on any atom is 0.281 e. The molecule has 11 heteroatoms. The number of benzene rings is 3. The van der Waals surface area contributed by atoms with E-state index in [4.69, 9.17) is 16.3 Å². The largest absolute Gasteiger partial charge is 0.494 e. The number of amides is 2. The Morgan fingerprint density at radius 3 is 2.45 bits per heavy atom. The van der Waals surface area contributed by atoms with E-state index >= 15 is 0 Å². The molecular weight excluding hydrogens is 557 g/mol. The molecule has 0 fully saturated rings. The fourth-order valence-electron chi connectivity index (χ4n) is 4.36. The lowest BCUT2D eigenvalue weighted by Crippen LogP contribution is -2.37. The number of aryl methyl sites for hydroxylation is 3. The first-order chi connectivity index (χ1) is 19.0. The van der Waals surface area contributed by atoms with E-state index < -0.39 is 33.4 Å². The van der Waals surface area contributed by atoms with Crippen LogP contribution in [0.2, 0.25) is 5.02 Å². The molecule has 8 nitrogen and oxygen atoms in total. The molecule has 3 N–H and O–H groups in total. The second kappa shape index (κ2) is 12.5. The van der Waals surface area contributed by atoms with E-state index in [1.807, 2.05) is 50.2 Å². The van der Waals surface area contributed by atoms with Gasteiger partial charge in [0.1, 0.15) is 17.3 Å². The number of rotatable bonds is 11. The number of ether oxygens (including phenoxy) is 1. The molecule has 4 rings (SSSR count). The van der Waals surface area contributed by atoms with Crippen molar-refractivity contribution in [3.8, 4) is 5.75 Å². The first kappa shape index (κ1) is 29.1. The van der Waals surface area contributed by atoms with E-state index in [-0.39, 0.29) is 17.8 Å². The minimum atomic E-state index is -4.09. The van der Waals surface area contributed by atoms with Crippen molar-refractivity contribution in [2.24, 2.45) is 0 Å². The third kappa shape index (κ3) is 7.19. The minimum Gasteiger partial charge on any atom is -0.494 e. The molecule has 4 aromatic rings. The van der Waals surface area contributed by atoms with Crippen molar-refractivity contribution in [1.29, 1.82) is 0 Å². The molecule has 210 valence electrons. The lowest BCUT2D eigenvalue weighted by Gasteiger charge is -2.11. The van der Waals surface area contributed by atoms with Gasteiger partial charge in [0.15, 0.2) is 0 Å². The van der Waals surface area contributed by atoms with E-state index in [9.17, 15) is 22.4 Å². The summed E-state index contributed by atoms with van der Waals surface area (Å²) in [4.78, 5) is 28.3. The monoisotopic (exact) mass is 585 g/mol. The lowest BCUT2D eigenvalue weighted by atomic mass is 10.1. The molecular formula is C29H29ClFN3O5S. The quantitative estimate of drug-likeness (QED) is 0.212. The molecule has 0 bridgehead atoms. The van der Waals surface area contributed by atoms with E-state index in [2.05, 4.69) is 15.0 Å². The maximum absolute atomic E-state index is 13.3. The first-order valence-corrected chi connectivity index (χ1v) is 14.6. The van der Waals surface area contributed by atoms with Crippen LogP contribution in [0.4, 0.5) is 4.39 Å². The number of aromatic nitrogens is 1. The van der Waals surface area contributed by atoms with Crippen molar-refractivity contribution in [3.63, 3.8) is 0 Å². The number of para-hydroxylation sites is 1. The van der Waals surface area contributed by atoms with Crippen LogP contribution in [-0.4, -0.2) is 44.1 Å². The molecule has 0 atom stereocenters. The van der Waals surface area contributed by atoms with Gasteiger partial charge in [-0.25, -0.2) is 17.5 Å². The Morgan fingerprint density at radius 2 is 1.73 bits per heavy atom. The second-order valence-corrected chi connectivity index (χ2v) is 11.6. The summed E-state index contributed by atoms with van der Waals surface area (Å²) in [6, 6.07) is 16.1. The fraction of sp³-hybridized carbons (Fsp3) is 0.241. The summed E-state index contributed by atoms with van der Waals surface area (Å²) in [6.45, 7) is 3.93. The number of hydrogen-bond donors (Lipinski definition) is 3. The van der Waals surface area contributed by atoms with E-state index in [0.29, 0.717) is 41.3 Å². The topological polar surface area (TPSA) is 117 Å². The zero-order chi connectivity index (χ0) is 28.9. The van der Waals surface area contributed by atoms with E-state index in [0.717, 1.165) is 22.6 Å². The lowest BCUT2D eigenvalue weighted by molar-refractivity contribution is 0.0954. The van der Waals surface area contributed by atoms with E-state index in [1.165, 1.54) is 18.2 Å². The van der Waals surface area contributed by atoms with Gasteiger partial charge in [-0.05, 0) is 79.8 Å². The normalized spacial score (nSPS) is 11.4. The average Bonchev–Trinajstić information content (AvgIpc) is 3.28. The molecule has 0 saturated heterocycles. The Bertz CT molecular complexity index is 1650. The van der Waals surface area contributed by atoms with Crippen LogP contribution >= 0.6 is 11.6 Å². The highest BCUT2D eigenvalue weighted by Crippen LogP contribution is 2.27. The molecule has 1 heterocycles. The van der Waals surface area contributed by atoms with Crippen LogP contribution in [-0.2, 0) is 16.4 Å². The van der Waals surface area contributed by atoms with Gasteiger partial charge in [-0.15, -0.1) is 0 Å². The maximum atomic E-state index is 13.3. The van der Waals surface area contributed by atoms with Crippen LogP contribution in [0.15, 0.2) is 60.7 Å². The SMILES string of the molecule is Cc1cc(OCCCc2c(C(=O)NS(=O)(=O)CCNC(=O)c3cccc(F)c3)[nH]c3ccccc23)cc(C)c1Cl. The van der Waals surface area contributed by atoms with Crippen molar-refractivity contribution < 1.29 is 27.1 Å². The average molecular weight is 586 g/mol. The Labute approximate surface area is 236 Å². The van der Waals surface area contributed by atoms with Gasteiger partial charge in [-0.1, -0.05) is 35.9 Å². The smallest absolute Gasteiger partial charge is 0.281 e. The summed E-state index contributed by atoms with van der Waals surface area (Å²) in [5.74, 6) is -1.84. The van der Waals surface area contributed by atoms with Crippen molar-refractivity contribution in [2.45, 2.75) is 26.7 Å². The first-order valence-electron chi connectivity index (χ1n) is 12.6. The summed E-state index contributed by atoms with van der Waals surface area (Å²) in [5.41, 5.74) is 3.42. The molecule has 2 amide bonds. The molecule has 1 aromatic heterocycles. The molecule has 0 spiro atoms. The molecule has 0 aliphatic carbocycles. The van der Waals surface area contributed by atoms with Gasteiger partial charge in [0, 0.05) is 28.0 Å². The number of nitrogens with one attached hydrogen (secondary N) is 3. The zero-order valence-electron chi connectivity index (χ0n) is 22.0. The molecule has 0 unspecified atom stereocenters. The highest BCUT2D eigenvalue weighted by Gasteiger charge is 2.22. The van der Waals surface area contributed by atoms with Gasteiger partial charge in [0.25, 0.3) is 11.8 Å². The number of hydrogen-bond acceptors (Lipinski definition) is 5. The number of sulfonamides is 1. The molecule has 3 aromatic carbocycles. The second-order valence-electron chi connectivity index (χ2n) is 9.36. The highest BCUT2D eigenvalue weighted by molar-refractivity contribution is 7.90. The van der Waals surface area contributed by atoms with Crippen LogP contribution < -0.4 is 14.8 Å². The number of carbonyl (C=O) groups is 2. The predicted octanol–water partition coefficient (Wildman–Crippen LogP) is 5.08. The summed E-state index contributed by atoms with van der Waals surface area (Å²) >= 11 is 6.23. The minimum absolute atomic E-state index is 0.0643. The van der Waals surface area contributed by atoms with Gasteiger partial charge in [-0.2, -0.15) is 0 Å². The molecule has 40 heavy (non-hydrogen) atoms. The van der Waals surface area contributed by atoms with Crippen molar-refractivity contribution in [2.75, 3.05) is 18.9 Å². The van der Waals surface area contributed by atoms with Crippen LogP contribution in [0.1, 0.15) is 44.0 Å². The fourth-order valence-corrected chi connectivity index (χ4v) is 5.32. The number of fused-ring (bicyclic) bond motifs is 1. The van der Waals surface area contributed by atoms with Gasteiger partial charge in [0.2, 0.25) is 10.0 Å². The number of carbonyl (C=O) groups excluding carboxylic acids is 2. The summed E-state index contributed by atoms with van der Waals surface area (Å²) < 4.78 is 46.6. The Kier molecular flexibility index (Phi) is 9.11. The van der Waals surface area contributed by atoms with Gasteiger partial charge >= 0.3 is 0 Å². The summed E-state index contributed by atoms with van der Waals surface area (Å²) in [7, 11) is -4.09. The third-order valence-electron chi connectivity index (χ3n) is 6.28. The van der Waals surface area contributed by atoms with Gasteiger partial charge in [0.05, 0.1) is 12.4 Å². The van der Waals surface area contributed by atoms with Crippen LogP contribution in [0, 0.1) is 19.7 Å². The van der Waals surface area contributed by atoms with Crippen molar-refractivity contribution in [1.82, 2.24) is 15.0 Å².